The smallest absolute Gasteiger partial charge is 0.379 e. The Labute approximate surface area is 194 Å². The molecule has 0 unspecified atom stereocenters. The highest BCUT2D eigenvalue weighted by atomic mass is 19.4. The van der Waals surface area contributed by atoms with Gasteiger partial charge in [0.05, 0.1) is 23.7 Å². The number of nitrogens with one attached hydrogen (secondary N) is 1. The molecule has 2 fully saturated rings. The van der Waals surface area contributed by atoms with Gasteiger partial charge >= 0.3 is 6.18 Å². The van der Waals surface area contributed by atoms with E-state index in [0.29, 0.717) is 31.7 Å². The fourth-order valence-electron chi connectivity index (χ4n) is 5.84. The van der Waals surface area contributed by atoms with Gasteiger partial charge in [-0.1, -0.05) is 19.9 Å². The standard InChI is InChI=1S/C25H35F3N2O3/c1-16(2)24(9-6-20(13-24)29-21-8-11-33-15-22(21)32-3)23(31)30-10-7-17-4-5-19(25(26,27)28)12-18(17)14-30/h4-5,12,16,20-22,29H,6-11,13-15H2,1-3H3/t20-,21+,22-,24+/m1/s1. The van der Waals surface area contributed by atoms with Crippen molar-refractivity contribution >= 4 is 5.91 Å². The quantitative estimate of drug-likeness (QED) is 0.705. The van der Waals surface area contributed by atoms with Gasteiger partial charge in [-0.05, 0) is 61.3 Å². The van der Waals surface area contributed by atoms with Gasteiger partial charge in [-0.15, -0.1) is 0 Å². The molecule has 0 aromatic heterocycles. The lowest BCUT2D eigenvalue weighted by Crippen LogP contribution is -2.52. The second-order valence-corrected chi connectivity index (χ2v) is 10.1. The number of hydrogen-bond donors (Lipinski definition) is 1. The van der Waals surface area contributed by atoms with Crippen LogP contribution in [-0.2, 0) is 33.4 Å². The van der Waals surface area contributed by atoms with Crippen LogP contribution >= 0.6 is 0 Å². The maximum absolute atomic E-state index is 13.8. The third kappa shape index (κ3) is 4.93. The summed E-state index contributed by atoms with van der Waals surface area (Å²) in [7, 11) is 1.70. The first-order chi connectivity index (χ1) is 15.6. The molecule has 1 saturated carbocycles. The Morgan fingerprint density at radius 3 is 2.76 bits per heavy atom. The summed E-state index contributed by atoms with van der Waals surface area (Å²) in [5.74, 6) is 0.229. The lowest BCUT2D eigenvalue weighted by molar-refractivity contribution is -0.146. The van der Waals surface area contributed by atoms with E-state index in [4.69, 9.17) is 9.47 Å². The number of ether oxygens (including phenoxy) is 2. The van der Waals surface area contributed by atoms with Crippen molar-refractivity contribution in [3.63, 3.8) is 0 Å². The van der Waals surface area contributed by atoms with Crippen LogP contribution in [0.4, 0.5) is 13.2 Å². The van der Waals surface area contributed by atoms with Gasteiger partial charge in [0.15, 0.2) is 0 Å². The van der Waals surface area contributed by atoms with Crippen LogP contribution in [0, 0.1) is 11.3 Å². The number of benzene rings is 1. The van der Waals surface area contributed by atoms with Crippen molar-refractivity contribution in [2.24, 2.45) is 11.3 Å². The number of rotatable bonds is 5. The molecule has 2 heterocycles. The fourth-order valence-corrected chi connectivity index (χ4v) is 5.84. The van der Waals surface area contributed by atoms with Crippen molar-refractivity contribution in [2.75, 3.05) is 26.9 Å². The molecule has 1 aromatic carbocycles. The summed E-state index contributed by atoms with van der Waals surface area (Å²) in [6, 6.07) is 4.34. The fraction of sp³-hybridized carbons (Fsp3) is 0.720. The topological polar surface area (TPSA) is 50.8 Å². The Bertz CT molecular complexity index is 860. The van der Waals surface area contributed by atoms with Crippen LogP contribution in [0.2, 0.25) is 0 Å². The van der Waals surface area contributed by atoms with Crippen LogP contribution in [-0.4, -0.2) is 55.9 Å². The molecule has 1 aromatic rings. The maximum atomic E-state index is 13.8. The van der Waals surface area contributed by atoms with Crippen molar-refractivity contribution in [3.05, 3.63) is 34.9 Å². The summed E-state index contributed by atoms with van der Waals surface area (Å²) < 4.78 is 50.7. The van der Waals surface area contributed by atoms with Crippen LogP contribution in [0.5, 0.6) is 0 Å². The first-order valence-electron chi connectivity index (χ1n) is 12.0. The summed E-state index contributed by atoms with van der Waals surface area (Å²) in [6.45, 7) is 6.25. The highest BCUT2D eigenvalue weighted by Gasteiger charge is 2.50. The Kier molecular flexibility index (Phi) is 7.08. The van der Waals surface area contributed by atoms with E-state index >= 15 is 0 Å². The number of methoxy groups -OCH3 is 1. The van der Waals surface area contributed by atoms with Gasteiger partial charge in [-0.2, -0.15) is 13.2 Å². The molecule has 1 N–H and O–H groups in total. The predicted octanol–water partition coefficient (Wildman–Crippen LogP) is 4.18. The molecule has 2 aliphatic heterocycles. The number of carbonyl (C=O) groups is 1. The first-order valence-corrected chi connectivity index (χ1v) is 12.0. The number of nitrogens with zero attached hydrogens (tertiary/aromatic N) is 1. The van der Waals surface area contributed by atoms with E-state index in [1.54, 1.807) is 18.1 Å². The van der Waals surface area contributed by atoms with Gasteiger partial charge in [0.1, 0.15) is 0 Å². The predicted molar refractivity (Wildman–Crippen MR) is 119 cm³/mol. The average Bonchev–Trinajstić information content (AvgIpc) is 3.23. The molecule has 0 bridgehead atoms. The zero-order chi connectivity index (χ0) is 23.8. The highest BCUT2D eigenvalue weighted by molar-refractivity contribution is 5.84. The van der Waals surface area contributed by atoms with Gasteiger partial charge in [0, 0.05) is 38.9 Å². The number of hydrogen-bond acceptors (Lipinski definition) is 4. The zero-order valence-corrected chi connectivity index (χ0v) is 19.7. The van der Waals surface area contributed by atoms with Crippen molar-refractivity contribution in [2.45, 2.75) is 76.9 Å². The maximum Gasteiger partial charge on any atom is 0.416 e. The third-order valence-electron chi connectivity index (χ3n) is 7.97. The van der Waals surface area contributed by atoms with Gasteiger partial charge in [0.2, 0.25) is 5.91 Å². The molecule has 184 valence electrons. The minimum absolute atomic E-state index is 0.00456. The number of fused-ring (bicyclic) bond motifs is 1. The number of halogens is 3. The van der Waals surface area contributed by atoms with Crippen LogP contribution in [0.25, 0.3) is 0 Å². The van der Waals surface area contributed by atoms with E-state index in [1.165, 1.54) is 6.07 Å². The second kappa shape index (κ2) is 9.55. The van der Waals surface area contributed by atoms with Crippen LogP contribution < -0.4 is 5.32 Å². The lowest BCUT2D eigenvalue weighted by atomic mass is 9.73. The Balaban J connectivity index is 1.48. The van der Waals surface area contributed by atoms with Gasteiger partial charge in [0.25, 0.3) is 0 Å². The van der Waals surface area contributed by atoms with Crippen molar-refractivity contribution in [3.8, 4) is 0 Å². The monoisotopic (exact) mass is 468 g/mol. The minimum atomic E-state index is -4.38. The van der Waals surface area contributed by atoms with Crippen molar-refractivity contribution in [1.82, 2.24) is 10.2 Å². The molecular formula is C25H35F3N2O3. The van der Waals surface area contributed by atoms with E-state index in [1.807, 2.05) is 0 Å². The van der Waals surface area contributed by atoms with Gasteiger partial charge in [-0.25, -0.2) is 0 Å². The van der Waals surface area contributed by atoms with Crippen LogP contribution in [0.3, 0.4) is 0 Å². The van der Waals surface area contributed by atoms with Crippen LogP contribution in [0.1, 0.15) is 56.2 Å². The molecule has 4 rings (SSSR count). The first kappa shape index (κ1) is 24.5. The molecule has 33 heavy (non-hydrogen) atoms. The summed E-state index contributed by atoms with van der Waals surface area (Å²) in [4.78, 5) is 15.6. The zero-order valence-electron chi connectivity index (χ0n) is 19.7. The normalized spacial score (nSPS) is 30.5. The minimum Gasteiger partial charge on any atom is -0.379 e. The van der Waals surface area contributed by atoms with E-state index in [2.05, 4.69) is 19.2 Å². The van der Waals surface area contributed by atoms with Crippen LogP contribution in [0.15, 0.2) is 18.2 Å². The summed E-state index contributed by atoms with van der Waals surface area (Å²) in [6.07, 6.45) is -0.480. The third-order valence-corrected chi connectivity index (χ3v) is 7.97. The van der Waals surface area contributed by atoms with Crippen molar-refractivity contribution < 1.29 is 27.4 Å². The summed E-state index contributed by atoms with van der Waals surface area (Å²) in [5, 5.41) is 3.73. The van der Waals surface area contributed by atoms with E-state index < -0.39 is 17.2 Å². The number of alkyl halides is 3. The van der Waals surface area contributed by atoms with Gasteiger partial charge < -0.3 is 19.7 Å². The Morgan fingerprint density at radius 2 is 2.06 bits per heavy atom. The van der Waals surface area contributed by atoms with E-state index in [0.717, 1.165) is 37.3 Å². The molecule has 5 nitrogen and oxygen atoms in total. The lowest BCUT2D eigenvalue weighted by Gasteiger charge is -2.40. The Hall–Kier alpha value is -1.64. The van der Waals surface area contributed by atoms with E-state index in [9.17, 15) is 18.0 Å². The van der Waals surface area contributed by atoms with E-state index in [-0.39, 0.29) is 36.6 Å². The van der Waals surface area contributed by atoms with Crippen molar-refractivity contribution in [1.29, 1.82) is 0 Å². The molecule has 0 spiro atoms. The SMILES string of the molecule is CO[C@@H]1COCC[C@@H]1N[C@@H]1CC[C@@](C(=O)N2CCc3ccc(C(F)(F)F)cc3C2)(C(C)C)C1. The van der Waals surface area contributed by atoms with Gasteiger partial charge in [-0.3, -0.25) is 4.79 Å². The Morgan fingerprint density at radius 1 is 1.27 bits per heavy atom. The molecule has 1 amide bonds. The molecule has 3 aliphatic rings. The summed E-state index contributed by atoms with van der Waals surface area (Å²) >= 11 is 0. The molecule has 4 atom stereocenters. The molecule has 1 aliphatic carbocycles. The second-order valence-electron chi connectivity index (χ2n) is 10.1. The largest absolute Gasteiger partial charge is 0.416 e. The number of carbonyl (C=O) groups excluding carboxylic acids is 1. The number of amides is 1. The molecular weight excluding hydrogens is 433 g/mol. The molecule has 1 saturated heterocycles. The molecule has 0 radical (unpaired) electrons. The highest BCUT2D eigenvalue weighted by Crippen LogP contribution is 2.47. The average molecular weight is 469 g/mol. The summed E-state index contributed by atoms with van der Waals surface area (Å²) in [5.41, 5.74) is 0.371. The molecule has 8 heteroatoms.